The molecule has 0 spiro atoms. The van der Waals surface area contributed by atoms with Crippen LogP contribution in [0.1, 0.15) is 55.8 Å². The molecule has 21 heavy (non-hydrogen) atoms. The zero-order valence-corrected chi connectivity index (χ0v) is 12.7. The molecule has 0 radical (unpaired) electrons. The van der Waals surface area contributed by atoms with Gasteiger partial charge in [0.25, 0.3) is 0 Å². The minimum absolute atomic E-state index is 0.101. The number of hydrogen-bond donors (Lipinski definition) is 2. The lowest BCUT2D eigenvalue weighted by molar-refractivity contribution is 0.155. The maximum atomic E-state index is 9.87. The monoisotopic (exact) mass is 285 g/mol. The maximum absolute atomic E-state index is 9.87. The number of hydrogen-bond acceptors (Lipinski definition) is 4. The summed E-state index contributed by atoms with van der Waals surface area (Å²) in [7, 11) is 0. The van der Waals surface area contributed by atoms with Crippen LogP contribution in [0.15, 0.2) is 6.07 Å². The number of nitriles is 1. The molecule has 2 aliphatic carbocycles. The minimum Gasteiger partial charge on any atom is -0.394 e. The molecule has 1 aromatic rings. The number of aromatic nitrogens is 1. The molecule has 2 N–H and O–H groups in total. The topological polar surface area (TPSA) is 68.9 Å². The lowest BCUT2D eigenvalue weighted by Crippen LogP contribution is -2.45. The van der Waals surface area contributed by atoms with Gasteiger partial charge in [-0.05, 0) is 62.5 Å². The minimum atomic E-state index is -0.308. The van der Waals surface area contributed by atoms with Crippen LogP contribution >= 0.6 is 0 Å². The van der Waals surface area contributed by atoms with Gasteiger partial charge in [-0.1, -0.05) is 6.92 Å². The molecule has 0 bridgehead atoms. The van der Waals surface area contributed by atoms with Crippen LogP contribution in [0.2, 0.25) is 0 Å². The molecule has 112 valence electrons. The summed E-state index contributed by atoms with van der Waals surface area (Å²) in [6.07, 6.45) is 7.25. The van der Waals surface area contributed by atoms with Crippen LogP contribution in [0.4, 0.5) is 5.82 Å². The fraction of sp³-hybridized carbons (Fsp3) is 0.647. The Morgan fingerprint density at radius 3 is 2.86 bits per heavy atom. The van der Waals surface area contributed by atoms with Crippen molar-refractivity contribution in [2.24, 2.45) is 5.92 Å². The molecule has 1 saturated carbocycles. The summed E-state index contributed by atoms with van der Waals surface area (Å²) in [5.74, 6) is 1.39. The molecule has 1 aromatic heterocycles. The van der Waals surface area contributed by atoms with E-state index in [1.54, 1.807) is 0 Å². The molecule has 4 nitrogen and oxygen atoms in total. The van der Waals surface area contributed by atoms with Crippen molar-refractivity contribution in [2.75, 3.05) is 11.9 Å². The van der Waals surface area contributed by atoms with E-state index in [1.165, 1.54) is 5.56 Å². The number of aryl methyl sites for hydroxylation is 2. The zero-order valence-electron chi connectivity index (χ0n) is 12.7. The quantitative estimate of drug-likeness (QED) is 0.896. The Morgan fingerprint density at radius 1 is 1.43 bits per heavy atom. The van der Waals surface area contributed by atoms with Crippen molar-refractivity contribution >= 4 is 5.82 Å². The summed E-state index contributed by atoms with van der Waals surface area (Å²) >= 11 is 0. The summed E-state index contributed by atoms with van der Waals surface area (Å²) in [5, 5.41) is 22.7. The molecule has 4 heteroatoms. The average molecular weight is 285 g/mol. The molecular weight excluding hydrogens is 262 g/mol. The van der Waals surface area contributed by atoms with Crippen LogP contribution in [0.5, 0.6) is 0 Å². The third kappa shape index (κ3) is 2.75. The first kappa shape index (κ1) is 14.3. The lowest BCUT2D eigenvalue weighted by atomic mass is 9.77. The van der Waals surface area contributed by atoms with E-state index in [0.29, 0.717) is 11.4 Å². The van der Waals surface area contributed by atoms with E-state index in [2.05, 4.69) is 23.3 Å². The predicted octanol–water partition coefficient (Wildman–Crippen LogP) is 2.80. The highest BCUT2D eigenvalue weighted by Crippen LogP contribution is 2.35. The van der Waals surface area contributed by atoms with Gasteiger partial charge >= 0.3 is 0 Å². The van der Waals surface area contributed by atoms with Crippen LogP contribution in [0, 0.1) is 17.2 Å². The highest BCUT2D eigenvalue weighted by Gasteiger charge is 2.34. The molecule has 0 atom stereocenters. The van der Waals surface area contributed by atoms with E-state index in [9.17, 15) is 10.4 Å². The van der Waals surface area contributed by atoms with Crippen molar-refractivity contribution in [3.8, 4) is 6.07 Å². The van der Waals surface area contributed by atoms with Gasteiger partial charge in [0.2, 0.25) is 0 Å². The molecule has 0 unspecified atom stereocenters. The van der Waals surface area contributed by atoms with Crippen molar-refractivity contribution in [1.82, 2.24) is 4.98 Å². The van der Waals surface area contributed by atoms with Gasteiger partial charge in [-0.3, -0.25) is 0 Å². The fourth-order valence-corrected chi connectivity index (χ4v) is 3.54. The number of anilines is 1. The van der Waals surface area contributed by atoms with Gasteiger partial charge in [0, 0.05) is 5.69 Å². The molecule has 1 fully saturated rings. The predicted molar refractivity (Wildman–Crippen MR) is 82.0 cm³/mol. The van der Waals surface area contributed by atoms with Crippen molar-refractivity contribution in [1.29, 1.82) is 5.26 Å². The number of nitrogens with one attached hydrogen (secondary N) is 1. The molecular formula is C17H23N3O. The third-order valence-electron chi connectivity index (χ3n) is 5.09. The first-order valence-electron chi connectivity index (χ1n) is 7.98. The third-order valence-corrected chi connectivity index (χ3v) is 5.09. The summed E-state index contributed by atoms with van der Waals surface area (Å²) in [5.41, 5.74) is 2.64. The van der Waals surface area contributed by atoms with Crippen LogP contribution in [0.25, 0.3) is 0 Å². The molecule has 0 saturated heterocycles. The number of fused-ring (bicyclic) bond motifs is 1. The van der Waals surface area contributed by atoms with Gasteiger partial charge in [0.05, 0.1) is 17.7 Å². The van der Waals surface area contributed by atoms with Crippen LogP contribution in [-0.2, 0) is 12.8 Å². The average Bonchev–Trinajstić information content (AvgIpc) is 2.96. The Bertz CT molecular complexity index is 568. The Morgan fingerprint density at radius 2 is 2.19 bits per heavy atom. The van der Waals surface area contributed by atoms with Gasteiger partial charge in [-0.2, -0.15) is 5.26 Å². The number of nitrogens with zero attached hydrogens (tertiary/aromatic N) is 2. The van der Waals surface area contributed by atoms with Gasteiger partial charge in [0.15, 0.2) is 0 Å². The van der Waals surface area contributed by atoms with Crippen molar-refractivity contribution < 1.29 is 5.11 Å². The van der Waals surface area contributed by atoms with Gasteiger partial charge in [0.1, 0.15) is 11.9 Å². The normalized spacial score (nSPS) is 28.0. The van der Waals surface area contributed by atoms with Crippen molar-refractivity contribution in [3.05, 3.63) is 22.9 Å². The summed E-state index contributed by atoms with van der Waals surface area (Å²) < 4.78 is 0. The smallest absolute Gasteiger partial charge is 0.144 e. The lowest BCUT2D eigenvalue weighted by Gasteiger charge is -2.39. The second-order valence-electron chi connectivity index (χ2n) is 6.70. The van der Waals surface area contributed by atoms with Gasteiger partial charge in [-0.15, -0.1) is 0 Å². The molecule has 0 aromatic carbocycles. The van der Waals surface area contributed by atoms with E-state index in [-0.39, 0.29) is 12.1 Å². The standard InChI is InChI=1S/C17H23N3O/c1-12-5-7-17(11-21,8-6-12)20-16-14(10-18)9-13-3-2-4-15(13)19-16/h9,12,21H,2-8,11H2,1H3,(H,19,20). The molecule has 3 rings (SSSR count). The molecule has 2 aliphatic rings. The highest BCUT2D eigenvalue weighted by atomic mass is 16.3. The van der Waals surface area contributed by atoms with Crippen LogP contribution in [0.3, 0.4) is 0 Å². The van der Waals surface area contributed by atoms with Crippen molar-refractivity contribution in [3.63, 3.8) is 0 Å². The fourth-order valence-electron chi connectivity index (χ4n) is 3.54. The van der Waals surface area contributed by atoms with E-state index < -0.39 is 0 Å². The van der Waals surface area contributed by atoms with Gasteiger partial charge in [-0.25, -0.2) is 4.98 Å². The van der Waals surface area contributed by atoms with Crippen LogP contribution < -0.4 is 5.32 Å². The first-order valence-corrected chi connectivity index (χ1v) is 7.98. The van der Waals surface area contributed by atoms with Crippen molar-refractivity contribution in [2.45, 2.75) is 57.4 Å². The highest BCUT2D eigenvalue weighted by molar-refractivity contribution is 5.56. The Hall–Kier alpha value is -1.60. The van der Waals surface area contributed by atoms with E-state index in [0.717, 1.165) is 56.6 Å². The molecule has 0 aliphatic heterocycles. The molecule has 0 amide bonds. The Labute approximate surface area is 126 Å². The second-order valence-corrected chi connectivity index (χ2v) is 6.70. The Balaban J connectivity index is 1.88. The summed E-state index contributed by atoms with van der Waals surface area (Å²) in [6.45, 7) is 2.36. The van der Waals surface area contributed by atoms with E-state index in [1.807, 2.05) is 6.07 Å². The zero-order chi connectivity index (χ0) is 14.9. The maximum Gasteiger partial charge on any atom is 0.144 e. The van der Waals surface area contributed by atoms with Crippen LogP contribution in [-0.4, -0.2) is 22.2 Å². The number of pyridine rings is 1. The SMILES string of the molecule is CC1CCC(CO)(Nc2nc3c(cc2C#N)CCC3)CC1. The number of aliphatic hydroxyl groups is 1. The summed E-state index contributed by atoms with van der Waals surface area (Å²) in [6, 6.07) is 4.24. The number of aliphatic hydroxyl groups excluding tert-OH is 1. The Kier molecular flexibility index (Phi) is 3.86. The number of rotatable bonds is 3. The second kappa shape index (κ2) is 5.65. The van der Waals surface area contributed by atoms with E-state index >= 15 is 0 Å². The summed E-state index contributed by atoms with van der Waals surface area (Å²) in [4.78, 5) is 4.69. The van der Waals surface area contributed by atoms with E-state index in [4.69, 9.17) is 0 Å². The molecule has 1 heterocycles. The first-order chi connectivity index (χ1) is 10.2. The van der Waals surface area contributed by atoms with Gasteiger partial charge < -0.3 is 10.4 Å². The largest absolute Gasteiger partial charge is 0.394 e.